The predicted molar refractivity (Wildman–Crippen MR) is 306 cm³/mol. The van der Waals surface area contributed by atoms with Gasteiger partial charge in [-0.3, -0.25) is 9.59 Å². The largest absolute Gasteiger partial charge is 0.466 e. The molecule has 0 aromatic rings. The van der Waals surface area contributed by atoms with Crippen molar-refractivity contribution in [2.45, 2.75) is 347 Å². The zero-order chi connectivity index (χ0) is 50.7. The van der Waals surface area contributed by atoms with E-state index in [-0.39, 0.29) is 18.5 Å². The summed E-state index contributed by atoms with van der Waals surface area (Å²) in [6.45, 7) is 4.87. The molecular weight excluding hydrogens is 863 g/mol. The summed E-state index contributed by atoms with van der Waals surface area (Å²) in [4.78, 5) is 24.4. The van der Waals surface area contributed by atoms with Crippen LogP contribution in [0.3, 0.4) is 0 Å². The van der Waals surface area contributed by atoms with Crippen molar-refractivity contribution in [2.75, 3.05) is 13.2 Å². The third-order valence-corrected chi connectivity index (χ3v) is 14.4. The molecule has 2 atom stereocenters. The first-order valence-electron chi connectivity index (χ1n) is 31.3. The lowest BCUT2D eigenvalue weighted by atomic mass is 10.0. The number of allylic oxidation sites excluding steroid dienone is 5. The highest BCUT2D eigenvalue weighted by Gasteiger charge is 2.18. The molecule has 0 aromatic heterocycles. The molecule has 6 nitrogen and oxygen atoms in total. The summed E-state index contributed by atoms with van der Waals surface area (Å²) in [7, 11) is 0. The number of hydrogen-bond donors (Lipinski definition) is 3. The van der Waals surface area contributed by atoms with Crippen LogP contribution in [0.15, 0.2) is 36.5 Å². The minimum atomic E-state index is -0.843. The molecule has 0 radical (unpaired) electrons. The fourth-order valence-electron chi connectivity index (χ4n) is 9.55. The summed E-state index contributed by atoms with van der Waals surface area (Å²) in [6, 6.07) is -0.626. The number of unbranched alkanes of at least 4 members (excludes halogenated alkanes) is 43. The second-order valence-electron chi connectivity index (χ2n) is 21.4. The number of carbonyl (C=O) groups excluding carboxylic acids is 2. The van der Waals surface area contributed by atoms with Gasteiger partial charge in [-0.15, -0.1) is 0 Å². The summed E-state index contributed by atoms with van der Waals surface area (Å²) in [5, 5.41) is 23.1. The molecule has 0 aromatic carbocycles. The first-order chi connectivity index (χ1) is 34.5. The van der Waals surface area contributed by atoms with Crippen molar-refractivity contribution in [2.24, 2.45) is 0 Å². The maximum Gasteiger partial charge on any atom is 0.305 e. The second kappa shape index (κ2) is 59.6. The molecule has 0 heterocycles. The summed E-state index contributed by atoms with van der Waals surface area (Å²) in [5.41, 5.74) is 0. The molecule has 0 rings (SSSR count). The van der Waals surface area contributed by atoms with E-state index in [0.717, 1.165) is 44.9 Å². The molecule has 6 heteroatoms. The third kappa shape index (κ3) is 55.4. The summed E-state index contributed by atoms with van der Waals surface area (Å²) in [6.07, 6.45) is 74.8. The number of carbonyl (C=O) groups is 2. The number of hydrogen-bond acceptors (Lipinski definition) is 5. The van der Waals surface area contributed by atoms with Crippen LogP contribution in [0.5, 0.6) is 0 Å². The molecule has 2 unspecified atom stereocenters. The average Bonchev–Trinajstić information content (AvgIpc) is 3.36. The number of esters is 1. The maximum atomic E-state index is 12.4. The maximum absolute atomic E-state index is 12.4. The van der Waals surface area contributed by atoms with Crippen molar-refractivity contribution in [3.05, 3.63) is 36.5 Å². The molecule has 70 heavy (non-hydrogen) atoms. The topological polar surface area (TPSA) is 95.9 Å². The minimum Gasteiger partial charge on any atom is -0.466 e. The third-order valence-electron chi connectivity index (χ3n) is 14.4. The minimum absolute atomic E-state index is 0.00485. The van der Waals surface area contributed by atoms with E-state index in [4.69, 9.17) is 4.74 Å². The predicted octanol–water partition coefficient (Wildman–Crippen LogP) is 19.6. The first kappa shape index (κ1) is 68.1. The van der Waals surface area contributed by atoms with Crippen molar-refractivity contribution in [1.82, 2.24) is 5.32 Å². The zero-order valence-corrected chi connectivity index (χ0v) is 47.0. The number of aliphatic hydroxyl groups excluding tert-OH is 2. The van der Waals surface area contributed by atoms with E-state index in [2.05, 4.69) is 43.5 Å². The van der Waals surface area contributed by atoms with Gasteiger partial charge in [0.25, 0.3) is 0 Å². The van der Waals surface area contributed by atoms with Gasteiger partial charge in [0.1, 0.15) is 0 Å². The van der Waals surface area contributed by atoms with Gasteiger partial charge in [0.2, 0.25) is 5.91 Å². The first-order valence-corrected chi connectivity index (χ1v) is 31.3. The average molecular weight is 985 g/mol. The number of rotatable bonds is 58. The van der Waals surface area contributed by atoms with Gasteiger partial charge in [-0.05, 0) is 77.0 Å². The number of aliphatic hydroxyl groups is 2. The fourth-order valence-corrected chi connectivity index (χ4v) is 9.55. The molecule has 0 saturated heterocycles. The van der Waals surface area contributed by atoms with Crippen molar-refractivity contribution >= 4 is 11.9 Å². The summed E-state index contributed by atoms with van der Waals surface area (Å²) >= 11 is 0. The van der Waals surface area contributed by atoms with Crippen molar-refractivity contribution in [3.8, 4) is 0 Å². The van der Waals surface area contributed by atoms with Gasteiger partial charge < -0.3 is 20.3 Å². The Kier molecular flexibility index (Phi) is 58.0. The Morgan fingerprint density at radius 2 is 0.686 bits per heavy atom. The smallest absolute Gasteiger partial charge is 0.305 e. The molecular formula is C64H121NO5. The van der Waals surface area contributed by atoms with Gasteiger partial charge in [0.05, 0.1) is 25.4 Å². The van der Waals surface area contributed by atoms with Crippen LogP contribution in [0.2, 0.25) is 0 Å². The molecule has 1 amide bonds. The highest BCUT2D eigenvalue weighted by molar-refractivity contribution is 5.76. The van der Waals surface area contributed by atoms with Crippen LogP contribution < -0.4 is 5.32 Å². The SMILES string of the molecule is CCCC/C=C\CCCCCCCC(=O)OCCCCCCCCCCCCCC/C=C\CCCCCCCCCCCCCCCC(=O)NC(CO)C(O)/C=C/CCCCCCCCCCCCC. The molecule has 0 aliphatic carbocycles. The lowest BCUT2D eigenvalue weighted by molar-refractivity contribution is -0.143. The van der Waals surface area contributed by atoms with E-state index >= 15 is 0 Å². The van der Waals surface area contributed by atoms with E-state index in [1.165, 1.54) is 263 Å². The lowest BCUT2D eigenvalue weighted by Crippen LogP contribution is -2.45. The monoisotopic (exact) mass is 984 g/mol. The fraction of sp³-hybridized carbons (Fsp3) is 0.875. The number of ether oxygens (including phenoxy) is 1. The van der Waals surface area contributed by atoms with E-state index in [0.29, 0.717) is 19.4 Å². The molecule has 0 aliphatic heterocycles. The normalized spacial score (nSPS) is 12.8. The standard InChI is InChI=1S/C64H121NO5/c1-3-5-7-9-11-13-15-33-37-40-44-48-52-56-62(67)61(60-66)65-63(68)57-53-49-45-41-38-34-31-29-27-25-23-21-19-17-16-18-20-22-24-26-28-30-32-35-39-43-47-51-55-59-70-64(69)58-54-50-46-42-36-14-12-10-8-6-4-2/h10,12,16,18,52,56,61-62,66-67H,3-9,11,13-15,17,19-51,53-55,57-60H2,1-2H3,(H,65,68)/b12-10-,18-16-,56-52+. The van der Waals surface area contributed by atoms with E-state index in [1.54, 1.807) is 6.08 Å². The summed E-state index contributed by atoms with van der Waals surface area (Å²) in [5.74, 6) is -0.0619. The Morgan fingerprint density at radius 1 is 0.386 bits per heavy atom. The molecule has 412 valence electrons. The van der Waals surface area contributed by atoms with Crippen LogP contribution in [-0.2, 0) is 14.3 Å². The van der Waals surface area contributed by atoms with Gasteiger partial charge in [-0.2, -0.15) is 0 Å². The molecule has 3 N–H and O–H groups in total. The highest BCUT2D eigenvalue weighted by atomic mass is 16.5. The van der Waals surface area contributed by atoms with Crippen LogP contribution in [0.4, 0.5) is 0 Å². The quantitative estimate of drug-likeness (QED) is 0.0321. The molecule has 0 saturated carbocycles. The van der Waals surface area contributed by atoms with E-state index < -0.39 is 12.1 Å². The van der Waals surface area contributed by atoms with Gasteiger partial charge in [0.15, 0.2) is 0 Å². The Bertz CT molecular complexity index is 1130. The van der Waals surface area contributed by atoms with Crippen molar-refractivity contribution in [1.29, 1.82) is 0 Å². The zero-order valence-electron chi connectivity index (χ0n) is 47.0. The number of nitrogens with one attached hydrogen (secondary N) is 1. The summed E-state index contributed by atoms with van der Waals surface area (Å²) < 4.78 is 5.46. The van der Waals surface area contributed by atoms with Crippen LogP contribution in [-0.4, -0.2) is 47.4 Å². The van der Waals surface area contributed by atoms with Crippen LogP contribution in [0.1, 0.15) is 335 Å². The van der Waals surface area contributed by atoms with Crippen molar-refractivity contribution in [3.63, 3.8) is 0 Å². The molecule has 0 aliphatic rings. The van der Waals surface area contributed by atoms with E-state index in [9.17, 15) is 19.8 Å². The molecule has 0 bridgehead atoms. The highest BCUT2D eigenvalue weighted by Crippen LogP contribution is 2.17. The number of amides is 1. The van der Waals surface area contributed by atoms with Gasteiger partial charge >= 0.3 is 5.97 Å². The van der Waals surface area contributed by atoms with Gasteiger partial charge in [0, 0.05) is 12.8 Å². The lowest BCUT2D eigenvalue weighted by Gasteiger charge is -2.20. The molecule has 0 fully saturated rings. The Balaban J connectivity index is 3.39. The van der Waals surface area contributed by atoms with Crippen molar-refractivity contribution < 1.29 is 24.5 Å². The van der Waals surface area contributed by atoms with Gasteiger partial charge in [-0.25, -0.2) is 0 Å². The van der Waals surface area contributed by atoms with Gasteiger partial charge in [-0.1, -0.05) is 281 Å². The Morgan fingerprint density at radius 3 is 1.06 bits per heavy atom. The van der Waals surface area contributed by atoms with Crippen LogP contribution >= 0.6 is 0 Å². The van der Waals surface area contributed by atoms with Crippen LogP contribution in [0, 0.1) is 0 Å². The Hall–Kier alpha value is -1.92. The van der Waals surface area contributed by atoms with Crippen LogP contribution in [0.25, 0.3) is 0 Å². The Labute approximate surface area is 436 Å². The van der Waals surface area contributed by atoms with E-state index in [1.807, 2.05) is 6.08 Å². The molecule has 0 spiro atoms. The second-order valence-corrected chi connectivity index (χ2v) is 21.4.